The normalized spacial score (nSPS) is 11.2. The molecule has 3 rings (SSSR count). The lowest BCUT2D eigenvalue weighted by Gasteiger charge is -2.11. The summed E-state index contributed by atoms with van der Waals surface area (Å²) >= 11 is 1.95. The van der Waals surface area contributed by atoms with Gasteiger partial charge in [0.1, 0.15) is 5.75 Å². The zero-order chi connectivity index (χ0) is 16.1. The molecule has 120 valence electrons. The third kappa shape index (κ3) is 3.61. The number of ether oxygens (including phenoxy) is 1. The van der Waals surface area contributed by atoms with E-state index < -0.39 is 0 Å². The van der Waals surface area contributed by atoms with Crippen LogP contribution >= 0.6 is 11.8 Å². The van der Waals surface area contributed by atoms with Crippen molar-refractivity contribution in [3.8, 4) is 5.75 Å². The molecule has 0 spiro atoms. The Hall–Kier alpha value is -1.74. The van der Waals surface area contributed by atoms with Gasteiger partial charge in [-0.1, -0.05) is 44.4 Å². The fourth-order valence-corrected chi connectivity index (χ4v) is 4.02. The van der Waals surface area contributed by atoms with E-state index in [1.54, 1.807) is 7.11 Å². The minimum absolute atomic E-state index is 0.891. The number of nitrogens with zero attached hydrogens (tertiary/aromatic N) is 1. The molecule has 0 N–H and O–H groups in total. The molecule has 0 aliphatic heterocycles. The Balaban J connectivity index is 2.01. The smallest absolute Gasteiger partial charge is 0.119 e. The van der Waals surface area contributed by atoms with Crippen molar-refractivity contribution in [1.29, 1.82) is 0 Å². The van der Waals surface area contributed by atoms with Crippen LogP contribution in [0.15, 0.2) is 47.4 Å². The molecule has 0 bridgehead atoms. The number of para-hydroxylation sites is 1. The first kappa shape index (κ1) is 16.1. The van der Waals surface area contributed by atoms with Crippen LogP contribution in [0.4, 0.5) is 0 Å². The van der Waals surface area contributed by atoms with Crippen LogP contribution in [0.3, 0.4) is 0 Å². The molecule has 2 aromatic carbocycles. The number of thioether (sulfide) groups is 1. The molecule has 3 heteroatoms. The molecular formula is C20H23NOS. The van der Waals surface area contributed by atoms with Gasteiger partial charge in [-0.05, 0) is 36.4 Å². The van der Waals surface area contributed by atoms with Gasteiger partial charge in [-0.25, -0.2) is 4.98 Å². The maximum absolute atomic E-state index is 5.41. The first-order chi connectivity index (χ1) is 11.3. The van der Waals surface area contributed by atoms with E-state index in [1.807, 2.05) is 17.8 Å². The van der Waals surface area contributed by atoms with Crippen molar-refractivity contribution in [1.82, 2.24) is 4.98 Å². The number of fused-ring (bicyclic) bond motifs is 2. The number of hydrogen-bond acceptors (Lipinski definition) is 3. The SMILES string of the molecule is CCCCCCSc1c2ccccc2nc2ccc(OC)cc12. The van der Waals surface area contributed by atoms with Crippen LogP contribution in [0.1, 0.15) is 32.6 Å². The summed E-state index contributed by atoms with van der Waals surface area (Å²) in [5.74, 6) is 2.04. The lowest BCUT2D eigenvalue weighted by atomic mass is 10.1. The molecular weight excluding hydrogens is 302 g/mol. The van der Waals surface area contributed by atoms with Gasteiger partial charge in [0.25, 0.3) is 0 Å². The minimum atomic E-state index is 0.891. The van der Waals surface area contributed by atoms with Crippen molar-refractivity contribution in [2.75, 3.05) is 12.9 Å². The Morgan fingerprint density at radius 3 is 2.61 bits per heavy atom. The summed E-state index contributed by atoms with van der Waals surface area (Å²) in [6, 6.07) is 14.6. The second-order valence-electron chi connectivity index (χ2n) is 5.75. The van der Waals surface area contributed by atoms with Gasteiger partial charge in [0.15, 0.2) is 0 Å². The summed E-state index contributed by atoms with van der Waals surface area (Å²) in [4.78, 5) is 6.14. The third-order valence-corrected chi connectivity index (χ3v) is 5.30. The lowest BCUT2D eigenvalue weighted by Crippen LogP contribution is -1.90. The monoisotopic (exact) mass is 325 g/mol. The number of rotatable bonds is 7. The molecule has 0 saturated heterocycles. The molecule has 1 aromatic heterocycles. The summed E-state index contributed by atoms with van der Waals surface area (Å²) < 4.78 is 5.41. The quantitative estimate of drug-likeness (QED) is 0.299. The van der Waals surface area contributed by atoms with Gasteiger partial charge < -0.3 is 4.74 Å². The number of benzene rings is 2. The highest BCUT2D eigenvalue weighted by molar-refractivity contribution is 7.99. The number of aromatic nitrogens is 1. The molecule has 23 heavy (non-hydrogen) atoms. The Kier molecular flexibility index (Phi) is 5.39. The average Bonchev–Trinajstić information content (AvgIpc) is 2.60. The Morgan fingerprint density at radius 1 is 0.957 bits per heavy atom. The van der Waals surface area contributed by atoms with Crippen molar-refractivity contribution < 1.29 is 4.74 Å². The largest absolute Gasteiger partial charge is 0.497 e. The van der Waals surface area contributed by atoms with E-state index in [2.05, 4.69) is 43.3 Å². The van der Waals surface area contributed by atoms with Gasteiger partial charge in [0.2, 0.25) is 0 Å². The van der Waals surface area contributed by atoms with Crippen LogP contribution in [0, 0.1) is 0 Å². The highest BCUT2D eigenvalue weighted by Gasteiger charge is 2.10. The van der Waals surface area contributed by atoms with Crippen LogP contribution in [-0.2, 0) is 0 Å². The van der Waals surface area contributed by atoms with E-state index in [0.29, 0.717) is 0 Å². The Bertz CT molecular complexity index is 800. The van der Waals surface area contributed by atoms with Crippen LogP contribution in [-0.4, -0.2) is 17.8 Å². The molecule has 0 atom stereocenters. The van der Waals surface area contributed by atoms with E-state index in [4.69, 9.17) is 9.72 Å². The molecule has 0 fully saturated rings. The molecule has 0 aliphatic rings. The molecule has 2 nitrogen and oxygen atoms in total. The summed E-state index contributed by atoms with van der Waals surface area (Å²) in [6.07, 6.45) is 5.18. The van der Waals surface area contributed by atoms with Crippen molar-refractivity contribution in [3.63, 3.8) is 0 Å². The van der Waals surface area contributed by atoms with Crippen LogP contribution < -0.4 is 4.74 Å². The zero-order valence-corrected chi connectivity index (χ0v) is 14.7. The predicted octanol–water partition coefficient (Wildman–Crippen LogP) is 6.07. The topological polar surface area (TPSA) is 22.1 Å². The van der Waals surface area contributed by atoms with Crippen LogP contribution in [0.2, 0.25) is 0 Å². The van der Waals surface area contributed by atoms with E-state index in [0.717, 1.165) is 22.5 Å². The minimum Gasteiger partial charge on any atom is -0.497 e. The molecule has 0 unspecified atom stereocenters. The van der Waals surface area contributed by atoms with E-state index >= 15 is 0 Å². The number of hydrogen-bond donors (Lipinski definition) is 0. The molecule has 3 aromatic rings. The Labute approximate surface area is 142 Å². The summed E-state index contributed by atoms with van der Waals surface area (Å²) in [5, 5.41) is 2.44. The van der Waals surface area contributed by atoms with Gasteiger partial charge in [-0.15, -0.1) is 11.8 Å². The highest BCUT2D eigenvalue weighted by Crippen LogP contribution is 2.36. The molecule has 0 saturated carbocycles. The number of unbranched alkanes of at least 4 members (excludes halogenated alkanes) is 3. The van der Waals surface area contributed by atoms with Crippen LogP contribution in [0.5, 0.6) is 5.75 Å². The first-order valence-corrected chi connectivity index (χ1v) is 9.31. The summed E-state index contributed by atoms with van der Waals surface area (Å²) in [7, 11) is 1.72. The van der Waals surface area contributed by atoms with Gasteiger partial charge in [0, 0.05) is 15.7 Å². The van der Waals surface area contributed by atoms with Crippen molar-refractivity contribution in [2.24, 2.45) is 0 Å². The fraction of sp³-hybridized carbons (Fsp3) is 0.350. The molecule has 0 amide bonds. The van der Waals surface area contributed by atoms with Crippen LogP contribution in [0.25, 0.3) is 21.8 Å². The number of pyridine rings is 1. The van der Waals surface area contributed by atoms with E-state index in [1.165, 1.54) is 41.4 Å². The maximum atomic E-state index is 5.41. The van der Waals surface area contributed by atoms with Crippen molar-refractivity contribution in [3.05, 3.63) is 42.5 Å². The predicted molar refractivity (Wildman–Crippen MR) is 101 cm³/mol. The van der Waals surface area contributed by atoms with Gasteiger partial charge in [-0.2, -0.15) is 0 Å². The summed E-state index contributed by atoms with van der Waals surface area (Å²) in [6.45, 7) is 2.25. The first-order valence-electron chi connectivity index (χ1n) is 8.32. The second-order valence-corrected chi connectivity index (χ2v) is 6.86. The number of methoxy groups -OCH3 is 1. The standard InChI is InChI=1S/C20H23NOS/c1-3-4-5-8-13-23-20-16-9-6-7-10-18(16)21-19-12-11-15(22-2)14-17(19)20/h6-7,9-12,14H,3-5,8,13H2,1-2H3. The summed E-state index contributed by atoms with van der Waals surface area (Å²) in [5.41, 5.74) is 2.11. The maximum Gasteiger partial charge on any atom is 0.119 e. The van der Waals surface area contributed by atoms with E-state index in [-0.39, 0.29) is 0 Å². The van der Waals surface area contributed by atoms with Gasteiger partial charge >= 0.3 is 0 Å². The lowest BCUT2D eigenvalue weighted by molar-refractivity contribution is 0.415. The molecule has 0 aliphatic carbocycles. The second kappa shape index (κ2) is 7.69. The van der Waals surface area contributed by atoms with Crippen molar-refractivity contribution >= 4 is 33.6 Å². The Morgan fingerprint density at radius 2 is 1.78 bits per heavy atom. The highest BCUT2D eigenvalue weighted by atomic mass is 32.2. The third-order valence-electron chi connectivity index (χ3n) is 4.08. The van der Waals surface area contributed by atoms with E-state index in [9.17, 15) is 0 Å². The van der Waals surface area contributed by atoms with Gasteiger partial charge in [0.05, 0.1) is 18.1 Å². The zero-order valence-electron chi connectivity index (χ0n) is 13.8. The molecule has 0 radical (unpaired) electrons. The fourth-order valence-electron chi connectivity index (χ4n) is 2.82. The molecule has 1 heterocycles. The van der Waals surface area contributed by atoms with Gasteiger partial charge in [-0.3, -0.25) is 0 Å². The van der Waals surface area contributed by atoms with Crippen molar-refractivity contribution in [2.45, 2.75) is 37.5 Å². The average molecular weight is 325 g/mol.